The summed E-state index contributed by atoms with van der Waals surface area (Å²) in [5.41, 5.74) is 8.52. The Kier molecular flexibility index (Phi) is 7.68. The number of hydrogen-bond acceptors (Lipinski definition) is 3. The molecule has 3 atom stereocenters. The number of carbonyl (C=O) groups is 1. The van der Waals surface area contributed by atoms with Crippen LogP contribution in [-0.4, -0.2) is 32.2 Å². The smallest absolute Gasteiger partial charge is 0.318 e. The third kappa shape index (κ3) is 5.53. The molecule has 0 saturated carbocycles. The summed E-state index contributed by atoms with van der Waals surface area (Å²) in [7, 11) is 0. The maximum Gasteiger partial charge on any atom is 0.318 e. The molecule has 2 aliphatic rings. The SMILES string of the molecule is CCN(Cc1ccncc1)C(=O)NC(C[C@H]1CCC2=C1[C@@H](C)c1cnn(-c3ccc(F)cc3)c1C2)c1ccccc1. The monoisotopic (exact) mass is 549 g/mol. The highest BCUT2D eigenvalue weighted by Gasteiger charge is 2.37. The molecule has 7 heteroatoms. The molecule has 0 aliphatic heterocycles. The Balaban J connectivity index is 1.23. The fraction of sp³-hybridized carbons (Fsp3) is 0.324. The van der Waals surface area contributed by atoms with Crippen molar-refractivity contribution in [3.05, 3.63) is 125 Å². The predicted molar refractivity (Wildman–Crippen MR) is 158 cm³/mol. The number of urea groups is 1. The van der Waals surface area contributed by atoms with Gasteiger partial charge in [-0.1, -0.05) is 48.4 Å². The summed E-state index contributed by atoms with van der Waals surface area (Å²) in [6.45, 7) is 5.46. The first-order valence-corrected chi connectivity index (χ1v) is 14.6. The number of rotatable bonds is 8. The summed E-state index contributed by atoms with van der Waals surface area (Å²) in [4.78, 5) is 19.5. The lowest BCUT2D eigenvalue weighted by atomic mass is 9.78. The van der Waals surface area contributed by atoms with Crippen molar-refractivity contribution in [1.82, 2.24) is 25.0 Å². The standard InChI is InChI=1S/C34H36FN5O/c1-3-39(22-24-15-17-36-18-16-24)34(41)38-31(25-7-5-4-6-8-25)19-26-9-10-27-20-32-30(23(2)33(26)27)21-37-40(32)29-13-11-28(35)12-14-29/h4-8,11-18,21,23,26,31H,3,9-10,19-20,22H2,1-2H3,(H,38,41)/t23-,26+,31?/m0/s1. The van der Waals surface area contributed by atoms with E-state index in [0.29, 0.717) is 19.0 Å². The zero-order chi connectivity index (χ0) is 28.3. The number of nitrogens with zero attached hydrogens (tertiary/aromatic N) is 4. The summed E-state index contributed by atoms with van der Waals surface area (Å²) >= 11 is 0. The van der Waals surface area contributed by atoms with Gasteiger partial charge in [-0.15, -0.1) is 0 Å². The van der Waals surface area contributed by atoms with Gasteiger partial charge in [-0.05, 0) is 79.6 Å². The lowest BCUT2D eigenvalue weighted by Gasteiger charge is -2.31. The van der Waals surface area contributed by atoms with E-state index in [0.717, 1.165) is 42.5 Å². The van der Waals surface area contributed by atoms with Crippen LogP contribution in [0.1, 0.15) is 67.5 Å². The van der Waals surface area contributed by atoms with Crippen molar-refractivity contribution >= 4 is 6.03 Å². The number of benzene rings is 2. The van der Waals surface area contributed by atoms with Gasteiger partial charge in [0, 0.05) is 43.4 Å². The van der Waals surface area contributed by atoms with Gasteiger partial charge in [0.05, 0.1) is 23.6 Å². The van der Waals surface area contributed by atoms with Crippen molar-refractivity contribution in [2.45, 2.75) is 58.0 Å². The molecule has 2 aromatic carbocycles. The van der Waals surface area contributed by atoms with E-state index < -0.39 is 0 Å². The summed E-state index contributed by atoms with van der Waals surface area (Å²) < 4.78 is 15.5. The molecule has 41 heavy (non-hydrogen) atoms. The summed E-state index contributed by atoms with van der Waals surface area (Å²) in [5, 5.41) is 8.11. The van der Waals surface area contributed by atoms with Crippen molar-refractivity contribution in [2.24, 2.45) is 5.92 Å². The van der Waals surface area contributed by atoms with Gasteiger partial charge in [0.2, 0.25) is 0 Å². The molecule has 2 aliphatic carbocycles. The summed E-state index contributed by atoms with van der Waals surface area (Å²) in [6.07, 6.45) is 9.36. The normalized spacial score (nSPS) is 18.5. The number of fused-ring (bicyclic) bond motifs is 1. The third-order valence-electron chi connectivity index (χ3n) is 8.74. The lowest BCUT2D eigenvalue weighted by Crippen LogP contribution is -2.41. The van der Waals surface area contributed by atoms with Gasteiger partial charge in [-0.25, -0.2) is 13.9 Å². The molecule has 210 valence electrons. The Morgan fingerprint density at radius 2 is 1.85 bits per heavy atom. The van der Waals surface area contributed by atoms with E-state index in [4.69, 9.17) is 5.10 Å². The number of pyridine rings is 1. The first kappa shape index (κ1) is 26.9. The number of nitrogens with one attached hydrogen (secondary N) is 1. The predicted octanol–water partition coefficient (Wildman–Crippen LogP) is 7.14. The summed E-state index contributed by atoms with van der Waals surface area (Å²) in [6, 6.07) is 20.6. The van der Waals surface area contributed by atoms with Crippen molar-refractivity contribution in [3.63, 3.8) is 0 Å². The first-order valence-electron chi connectivity index (χ1n) is 14.6. The molecule has 6 nitrogen and oxygen atoms in total. The molecular weight excluding hydrogens is 513 g/mol. The van der Waals surface area contributed by atoms with Gasteiger partial charge in [-0.2, -0.15) is 5.10 Å². The number of carbonyl (C=O) groups excluding carboxylic acids is 1. The van der Waals surface area contributed by atoms with Crippen LogP contribution in [0.15, 0.2) is 96.5 Å². The Morgan fingerprint density at radius 1 is 1.10 bits per heavy atom. The number of allylic oxidation sites excluding steroid dienone is 2. The highest BCUT2D eigenvalue weighted by molar-refractivity contribution is 5.74. The minimum absolute atomic E-state index is 0.0510. The van der Waals surface area contributed by atoms with Crippen molar-refractivity contribution in [3.8, 4) is 5.69 Å². The molecule has 1 N–H and O–H groups in total. The highest BCUT2D eigenvalue weighted by Crippen LogP contribution is 2.49. The Labute approximate surface area is 240 Å². The van der Waals surface area contributed by atoms with E-state index in [-0.39, 0.29) is 23.8 Å². The molecule has 0 fully saturated rings. The maximum atomic E-state index is 13.6. The second-order valence-corrected chi connectivity index (χ2v) is 11.1. The van der Waals surface area contributed by atoms with Gasteiger partial charge >= 0.3 is 6.03 Å². The second kappa shape index (κ2) is 11.7. The fourth-order valence-electron chi connectivity index (χ4n) is 6.66. The van der Waals surface area contributed by atoms with Crippen LogP contribution in [-0.2, 0) is 13.0 Å². The number of aromatic nitrogens is 3. The van der Waals surface area contributed by atoms with E-state index in [1.807, 2.05) is 53.0 Å². The molecule has 2 aromatic heterocycles. The Hall–Kier alpha value is -4.26. The van der Waals surface area contributed by atoms with Crippen LogP contribution in [0, 0.1) is 11.7 Å². The average Bonchev–Trinajstić information content (AvgIpc) is 3.62. The fourth-order valence-corrected chi connectivity index (χ4v) is 6.66. The van der Waals surface area contributed by atoms with E-state index in [2.05, 4.69) is 29.4 Å². The zero-order valence-electron chi connectivity index (χ0n) is 23.6. The minimum Gasteiger partial charge on any atom is -0.331 e. The topological polar surface area (TPSA) is 63.1 Å². The van der Waals surface area contributed by atoms with Gasteiger partial charge in [0.25, 0.3) is 0 Å². The molecule has 6 rings (SSSR count). The van der Waals surface area contributed by atoms with Gasteiger partial charge in [0.1, 0.15) is 5.82 Å². The Bertz CT molecular complexity index is 1530. The van der Waals surface area contributed by atoms with Crippen molar-refractivity contribution < 1.29 is 9.18 Å². The molecule has 2 heterocycles. The molecule has 0 radical (unpaired) electrons. The first-order chi connectivity index (χ1) is 20.0. The van der Waals surface area contributed by atoms with Crippen LogP contribution in [0.25, 0.3) is 5.69 Å². The number of hydrogen-bond donors (Lipinski definition) is 1. The molecule has 0 bridgehead atoms. The lowest BCUT2D eigenvalue weighted by molar-refractivity contribution is 0.192. The van der Waals surface area contributed by atoms with Crippen molar-refractivity contribution in [1.29, 1.82) is 0 Å². The number of amides is 2. The van der Waals surface area contributed by atoms with Crippen LogP contribution < -0.4 is 5.32 Å². The molecular formula is C34H36FN5O. The maximum absolute atomic E-state index is 13.6. The molecule has 0 spiro atoms. The Morgan fingerprint density at radius 3 is 2.59 bits per heavy atom. The molecule has 1 unspecified atom stereocenters. The molecule has 2 amide bonds. The van der Waals surface area contributed by atoms with Crippen LogP contribution in [0.2, 0.25) is 0 Å². The van der Waals surface area contributed by atoms with Crippen LogP contribution in [0.4, 0.5) is 9.18 Å². The second-order valence-electron chi connectivity index (χ2n) is 11.1. The van der Waals surface area contributed by atoms with Crippen LogP contribution in [0.3, 0.4) is 0 Å². The minimum atomic E-state index is -0.244. The van der Waals surface area contributed by atoms with Crippen LogP contribution >= 0.6 is 0 Å². The molecule has 4 aromatic rings. The quantitative estimate of drug-likeness (QED) is 0.238. The van der Waals surface area contributed by atoms with Gasteiger partial charge in [0.15, 0.2) is 0 Å². The van der Waals surface area contributed by atoms with Crippen LogP contribution in [0.5, 0.6) is 0 Å². The highest BCUT2D eigenvalue weighted by atomic mass is 19.1. The third-order valence-corrected chi connectivity index (χ3v) is 8.74. The zero-order valence-corrected chi connectivity index (χ0v) is 23.6. The van der Waals surface area contributed by atoms with Crippen molar-refractivity contribution in [2.75, 3.05) is 6.54 Å². The van der Waals surface area contributed by atoms with E-state index in [1.54, 1.807) is 24.5 Å². The van der Waals surface area contributed by atoms with E-state index >= 15 is 0 Å². The largest absolute Gasteiger partial charge is 0.331 e. The van der Waals surface area contributed by atoms with E-state index in [9.17, 15) is 9.18 Å². The molecule has 0 saturated heterocycles. The van der Waals surface area contributed by atoms with Gasteiger partial charge in [-0.3, -0.25) is 4.98 Å². The van der Waals surface area contributed by atoms with E-state index in [1.165, 1.54) is 34.5 Å². The average molecular weight is 550 g/mol. The summed E-state index contributed by atoms with van der Waals surface area (Å²) in [5.74, 6) is 0.385. The van der Waals surface area contributed by atoms with Gasteiger partial charge < -0.3 is 10.2 Å². The number of halogens is 1.